The Morgan fingerprint density at radius 1 is 0.946 bits per heavy atom. The molecule has 13 heteroatoms. The second-order valence-electron chi connectivity index (χ2n) is 8.30. The van der Waals surface area contributed by atoms with Crippen LogP contribution in [0.3, 0.4) is 0 Å². The number of carboxylic acids is 2. The van der Waals surface area contributed by atoms with Gasteiger partial charge in [-0.25, -0.2) is 14.6 Å². The summed E-state index contributed by atoms with van der Waals surface area (Å²) in [6.07, 6.45) is 0.316. The van der Waals surface area contributed by atoms with Crippen molar-refractivity contribution in [1.29, 1.82) is 0 Å². The number of carbonyl (C=O) groups is 2. The largest absolute Gasteiger partial charge is 0.481 e. The van der Waals surface area contributed by atoms with Crippen LogP contribution in [-0.4, -0.2) is 58.9 Å². The van der Waals surface area contributed by atoms with E-state index < -0.39 is 33.4 Å². The molecule has 0 atom stereocenters. The highest BCUT2D eigenvalue weighted by Crippen LogP contribution is 2.28. The fourth-order valence-corrected chi connectivity index (χ4v) is 4.34. The van der Waals surface area contributed by atoms with Gasteiger partial charge in [-0.1, -0.05) is 0 Å². The van der Waals surface area contributed by atoms with E-state index in [1.807, 2.05) is 0 Å². The zero-order valence-corrected chi connectivity index (χ0v) is 20.1. The van der Waals surface area contributed by atoms with Crippen LogP contribution in [0.4, 0.5) is 5.69 Å². The van der Waals surface area contributed by atoms with Crippen LogP contribution >= 0.6 is 0 Å². The highest BCUT2D eigenvalue weighted by Gasteiger charge is 2.17. The Hall–Kier alpha value is -4.23. The van der Waals surface area contributed by atoms with Gasteiger partial charge in [0.25, 0.3) is 10.1 Å². The van der Waals surface area contributed by atoms with Crippen molar-refractivity contribution in [2.45, 2.75) is 19.3 Å². The lowest BCUT2D eigenvalue weighted by molar-refractivity contribution is -0.137. The number of rotatable bonds is 11. The molecule has 0 bridgehead atoms. The van der Waals surface area contributed by atoms with Gasteiger partial charge >= 0.3 is 17.6 Å². The minimum absolute atomic E-state index is 0.0118. The fourth-order valence-electron chi connectivity index (χ4n) is 3.85. The highest BCUT2D eigenvalue weighted by atomic mass is 32.2. The maximum Gasteiger partial charge on any atom is 0.349 e. The molecule has 2 aromatic heterocycles. The van der Waals surface area contributed by atoms with E-state index in [1.54, 1.807) is 23.1 Å². The molecule has 0 radical (unpaired) electrons. The molecule has 194 valence electrons. The zero-order valence-electron chi connectivity index (χ0n) is 19.3. The normalized spacial score (nSPS) is 11.7. The number of benzene rings is 2. The van der Waals surface area contributed by atoms with E-state index in [9.17, 15) is 22.8 Å². The first-order valence-electron chi connectivity index (χ1n) is 11.1. The zero-order chi connectivity index (χ0) is 26.7. The number of carboxylic acid groups (broad SMARTS) is 2. The number of aliphatic carboxylic acids is 1. The van der Waals surface area contributed by atoms with Gasteiger partial charge in [-0.3, -0.25) is 9.35 Å². The third-order valence-corrected chi connectivity index (χ3v) is 6.40. The van der Waals surface area contributed by atoms with Crippen molar-refractivity contribution in [3.8, 4) is 11.5 Å². The van der Waals surface area contributed by atoms with Crippen LogP contribution in [0.2, 0.25) is 0 Å². The van der Waals surface area contributed by atoms with Crippen molar-refractivity contribution in [1.82, 2.24) is 4.98 Å². The number of aromatic nitrogens is 1. The van der Waals surface area contributed by atoms with E-state index >= 15 is 0 Å². The predicted molar refractivity (Wildman–Crippen MR) is 133 cm³/mol. The SMILES string of the molecule is O=C(O)CCCN(CCCS(=O)(=O)O)c1ccc2cc(-c3nc4ccc(C(=O)O)cc4o3)c(=O)oc2c1. The minimum atomic E-state index is -4.15. The van der Waals surface area contributed by atoms with Crippen molar-refractivity contribution < 1.29 is 41.6 Å². The van der Waals surface area contributed by atoms with Gasteiger partial charge in [-0.15, -0.1) is 0 Å². The molecule has 0 saturated heterocycles. The second-order valence-corrected chi connectivity index (χ2v) is 9.87. The number of hydrogen-bond donors (Lipinski definition) is 3. The van der Waals surface area contributed by atoms with E-state index in [0.29, 0.717) is 29.6 Å². The summed E-state index contributed by atoms with van der Waals surface area (Å²) in [5, 5.41) is 18.6. The summed E-state index contributed by atoms with van der Waals surface area (Å²) in [7, 11) is -4.15. The van der Waals surface area contributed by atoms with Crippen LogP contribution in [0.15, 0.2) is 56.1 Å². The Kier molecular flexibility index (Phi) is 7.27. The number of aromatic carboxylic acids is 1. The molecule has 2 aromatic carbocycles. The summed E-state index contributed by atoms with van der Waals surface area (Å²) in [5.74, 6) is -2.57. The molecule has 3 N–H and O–H groups in total. The average Bonchev–Trinajstić information content (AvgIpc) is 3.24. The summed E-state index contributed by atoms with van der Waals surface area (Å²) in [5.41, 5.74) is 0.695. The maximum atomic E-state index is 12.8. The van der Waals surface area contributed by atoms with Crippen molar-refractivity contribution in [3.63, 3.8) is 0 Å². The van der Waals surface area contributed by atoms with Gasteiger partial charge in [0, 0.05) is 36.7 Å². The first-order chi connectivity index (χ1) is 17.5. The Bertz CT molecular complexity index is 1660. The van der Waals surface area contributed by atoms with E-state index in [4.69, 9.17) is 23.6 Å². The van der Waals surface area contributed by atoms with Gasteiger partial charge in [0.15, 0.2) is 5.58 Å². The Balaban J connectivity index is 1.64. The third-order valence-electron chi connectivity index (χ3n) is 5.60. The smallest absolute Gasteiger partial charge is 0.349 e. The molecule has 0 amide bonds. The molecule has 0 aliphatic heterocycles. The first-order valence-corrected chi connectivity index (χ1v) is 12.8. The predicted octanol–water partition coefficient (Wildman–Crippen LogP) is 3.25. The summed E-state index contributed by atoms with van der Waals surface area (Å²) >= 11 is 0. The monoisotopic (exact) mass is 530 g/mol. The van der Waals surface area contributed by atoms with Crippen LogP contribution < -0.4 is 10.5 Å². The number of nitrogens with zero attached hydrogens (tertiary/aromatic N) is 2. The van der Waals surface area contributed by atoms with Crippen LogP contribution in [-0.2, 0) is 14.9 Å². The van der Waals surface area contributed by atoms with E-state index in [1.165, 1.54) is 24.3 Å². The molecule has 0 aliphatic carbocycles. The molecule has 4 aromatic rings. The maximum absolute atomic E-state index is 12.8. The van der Waals surface area contributed by atoms with Crippen molar-refractivity contribution >= 4 is 49.8 Å². The van der Waals surface area contributed by atoms with Crippen molar-refractivity contribution in [2.75, 3.05) is 23.7 Å². The molecular formula is C24H22N2O10S. The Morgan fingerprint density at radius 3 is 2.41 bits per heavy atom. The van der Waals surface area contributed by atoms with Gasteiger partial charge < -0.3 is 23.9 Å². The molecule has 0 unspecified atom stereocenters. The van der Waals surface area contributed by atoms with Crippen LogP contribution in [0.1, 0.15) is 29.6 Å². The van der Waals surface area contributed by atoms with Crippen LogP contribution in [0, 0.1) is 0 Å². The molecule has 0 spiro atoms. The lowest BCUT2D eigenvalue weighted by Gasteiger charge is -2.24. The van der Waals surface area contributed by atoms with Crippen LogP contribution in [0.25, 0.3) is 33.5 Å². The van der Waals surface area contributed by atoms with Gasteiger partial charge in [0.2, 0.25) is 5.89 Å². The fraction of sp³-hybridized carbons (Fsp3) is 0.250. The Morgan fingerprint density at radius 2 is 1.70 bits per heavy atom. The quantitative estimate of drug-likeness (QED) is 0.190. The average molecular weight is 531 g/mol. The molecule has 37 heavy (non-hydrogen) atoms. The Labute approximate surface area is 209 Å². The summed E-state index contributed by atoms with van der Waals surface area (Å²) in [4.78, 5) is 40.9. The molecule has 0 aliphatic rings. The highest BCUT2D eigenvalue weighted by molar-refractivity contribution is 7.85. The van der Waals surface area contributed by atoms with E-state index in [2.05, 4.69) is 4.98 Å². The topological polar surface area (TPSA) is 188 Å². The van der Waals surface area contributed by atoms with Gasteiger partial charge in [-0.2, -0.15) is 8.42 Å². The molecule has 0 fully saturated rings. The first kappa shape index (κ1) is 25.9. The van der Waals surface area contributed by atoms with Crippen LogP contribution in [0.5, 0.6) is 0 Å². The summed E-state index contributed by atoms with van der Waals surface area (Å²) < 4.78 is 42.3. The van der Waals surface area contributed by atoms with E-state index in [-0.39, 0.29) is 47.6 Å². The van der Waals surface area contributed by atoms with Gasteiger partial charge in [0.05, 0.1) is 11.3 Å². The number of anilines is 1. The molecule has 4 rings (SSSR count). The van der Waals surface area contributed by atoms with Crippen molar-refractivity contribution in [3.05, 3.63) is 58.4 Å². The summed E-state index contributed by atoms with van der Waals surface area (Å²) in [6.45, 7) is 0.515. The van der Waals surface area contributed by atoms with Gasteiger partial charge in [-0.05, 0) is 49.2 Å². The van der Waals surface area contributed by atoms with Gasteiger partial charge in [0.1, 0.15) is 16.7 Å². The number of hydrogen-bond acceptors (Lipinski definition) is 9. The second kappa shape index (κ2) is 10.4. The molecule has 2 heterocycles. The van der Waals surface area contributed by atoms with Crippen molar-refractivity contribution in [2.24, 2.45) is 0 Å². The molecule has 0 saturated carbocycles. The number of oxazole rings is 1. The lowest BCUT2D eigenvalue weighted by Crippen LogP contribution is -2.27. The molecule has 12 nitrogen and oxygen atoms in total. The molecular weight excluding hydrogens is 508 g/mol. The lowest BCUT2D eigenvalue weighted by atomic mass is 10.1. The van der Waals surface area contributed by atoms with E-state index in [0.717, 1.165) is 0 Å². The minimum Gasteiger partial charge on any atom is -0.481 e. The standard InChI is InChI=1S/C24H22N2O10S/c27-21(28)3-1-8-26(9-2-10-37(32,33)34)16-6-4-14-11-17(24(31)36-19(14)13-16)22-25-18-7-5-15(23(29)30)12-20(18)35-22/h4-7,11-13H,1-3,8-10H2,(H,27,28)(H,29,30)(H,32,33,34). The third kappa shape index (κ3) is 6.32. The summed E-state index contributed by atoms with van der Waals surface area (Å²) in [6, 6.07) is 10.7. The number of fused-ring (bicyclic) bond motifs is 2.